The topological polar surface area (TPSA) is 77.5 Å². The second-order valence-corrected chi connectivity index (χ2v) is 6.12. The summed E-state index contributed by atoms with van der Waals surface area (Å²) in [5.41, 5.74) is 6.91. The van der Waals surface area contributed by atoms with Gasteiger partial charge in [0.2, 0.25) is 0 Å². The first-order chi connectivity index (χ1) is 9.78. The molecule has 2 rings (SSSR count). The normalized spacial score (nSPS) is 13.2. The SMILES string of the molecule is CC(C)(C)OC(=O)NCC(N)c1c(Cl)oc2ccccc12. The first-order valence-electron chi connectivity index (χ1n) is 6.67. The lowest BCUT2D eigenvalue weighted by molar-refractivity contribution is 0.0524. The fourth-order valence-electron chi connectivity index (χ4n) is 1.99. The number of rotatable bonds is 3. The van der Waals surface area contributed by atoms with Crippen LogP contribution in [-0.2, 0) is 4.74 Å². The molecular weight excluding hydrogens is 292 g/mol. The summed E-state index contributed by atoms with van der Waals surface area (Å²) in [6.45, 7) is 5.60. The fourth-order valence-corrected chi connectivity index (χ4v) is 2.32. The summed E-state index contributed by atoms with van der Waals surface area (Å²) in [5, 5.41) is 3.73. The molecule has 0 bridgehead atoms. The minimum Gasteiger partial charge on any atom is -0.444 e. The second kappa shape index (κ2) is 5.95. The Morgan fingerprint density at radius 2 is 2.10 bits per heavy atom. The molecule has 0 spiro atoms. The van der Waals surface area contributed by atoms with Gasteiger partial charge in [0, 0.05) is 17.5 Å². The minimum atomic E-state index is -0.547. The van der Waals surface area contributed by atoms with Gasteiger partial charge in [0.25, 0.3) is 0 Å². The van der Waals surface area contributed by atoms with E-state index in [1.165, 1.54) is 0 Å². The molecule has 21 heavy (non-hydrogen) atoms. The summed E-state index contributed by atoms with van der Waals surface area (Å²) >= 11 is 6.09. The Hall–Kier alpha value is -1.72. The number of ether oxygens (including phenoxy) is 1. The molecule has 1 aromatic carbocycles. The van der Waals surface area contributed by atoms with Crippen LogP contribution in [0.4, 0.5) is 4.79 Å². The maximum Gasteiger partial charge on any atom is 0.407 e. The molecule has 114 valence electrons. The van der Waals surface area contributed by atoms with Gasteiger partial charge < -0.3 is 20.2 Å². The molecular formula is C15H19ClN2O3. The van der Waals surface area contributed by atoms with E-state index in [1.807, 2.05) is 24.3 Å². The Labute approximate surface area is 128 Å². The average Bonchev–Trinajstić information content (AvgIpc) is 2.70. The van der Waals surface area contributed by atoms with E-state index in [2.05, 4.69) is 5.32 Å². The Balaban J connectivity index is 2.07. The minimum absolute atomic E-state index is 0.207. The first-order valence-corrected chi connectivity index (χ1v) is 7.05. The predicted octanol–water partition coefficient (Wildman–Crippen LogP) is 3.61. The number of fused-ring (bicyclic) bond motifs is 1. The molecule has 0 aliphatic rings. The van der Waals surface area contributed by atoms with Gasteiger partial charge >= 0.3 is 6.09 Å². The number of nitrogens with two attached hydrogens (primary N) is 1. The van der Waals surface area contributed by atoms with Crippen LogP contribution in [0.1, 0.15) is 32.4 Å². The number of para-hydroxylation sites is 1. The molecule has 1 unspecified atom stereocenters. The van der Waals surface area contributed by atoms with E-state index in [4.69, 9.17) is 26.5 Å². The van der Waals surface area contributed by atoms with Gasteiger partial charge in [-0.3, -0.25) is 0 Å². The Kier molecular flexibility index (Phi) is 4.44. The molecule has 1 heterocycles. The van der Waals surface area contributed by atoms with E-state index in [0.717, 1.165) is 5.39 Å². The largest absolute Gasteiger partial charge is 0.444 e. The van der Waals surface area contributed by atoms with Gasteiger partial charge in [-0.2, -0.15) is 0 Å². The highest BCUT2D eigenvalue weighted by atomic mass is 35.5. The summed E-state index contributed by atoms with van der Waals surface area (Å²) in [4.78, 5) is 11.6. The smallest absolute Gasteiger partial charge is 0.407 e. The Morgan fingerprint density at radius 1 is 1.43 bits per heavy atom. The van der Waals surface area contributed by atoms with Gasteiger partial charge in [-0.25, -0.2) is 4.79 Å². The molecule has 1 amide bonds. The number of alkyl carbamates (subject to hydrolysis) is 1. The average molecular weight is 311 g/mol. The van der Waals surface area contributed by atoms with Crippen LogP contribution in [0.25, 0.3) is 11.0 Å². The van der Waals surface area contributed by atoms with Crippen LogP contribution in [0.5, 0.6) is 0 Å². The van der Waals surface area contributed by atoms with Crippen LogP contribution in [0.2, 0.25) is 5.22 Å². The van der Waals surface area contributed by atoms with Crippen molar-refractivity contribution in [1.29, 1.82) is 0 Å². The third-order valence-electron chi connectivity index (χ3n) is 2.82. The zero-order chi connectivity index (χ0) is 15.6. The zero-order valence-electron chi connectivity index (χ0n) is 12.3. The van der Waals surface area contributed by atoms with Gasteiger partial charge in [-0.1, -0.05) is 18.2 Å². The zero-order valence-corrected chi connectivity index (χ0v) is 13.0. The predicted molar refractivity (Wildman–Crippen MR) is 82.4 cm³/mol. The van der Waals surface area contributed by atoms with Crippen molar-refractivity contribution in [2.45, 2.75) is 32.4 Å². The van der Waals surface area contributed by atoms with E-state index in [1.54, 1.807) is 20.8 Å². The molecule has 0 radical (unpaired) electrons. The molecule has 3 N–H and O–H groups in total. The fraction of sp³-hybridized carbons (Fsp3) is 0.400. The molecule has 0 saturated carbocycles. The van der Waals surface area contributed by atoms with Crippen LogP contribution in [0.3, 0.4) is 0 Å². The van der Waals surface area contributed by atoms with E-state index in [9.17, 15) is 4.79 Å². The van der Waals surface area contributed by atoms with Gasteiger partial charge in [0.05, 0.1) is 6.04 Å². The van der Waals surface area contributed by atoms with Gasteiger partial charge in [-0.05, 0) is 38.4 Å². The Morgan fingerprint density at radius 3 is 2.76 bits per heavy atom. The van der Waals surface area contributed by atoms with Gasteiger partial charge in [0.1, 0.15) is 11.2 Å². The lowest BCUT2D eigenvalue weighted by atomic mass is 10.1. The number of amides is 1. The van der Waals surface area contributed by atoms with Crippen LogP contribution in [0, 0.1) is 0 Å². The van der Waals surface area contributed by atoms with Crippen molar-refractivity contribution >= 4 is 28.7 Å². The Bertz CT molecular complexity index is 646. The van der Waals surface area contributed by atoms with E-state index in [-0.39, 0.29) is 11.8 Å². The highest BCUT2D eigenvalue weighted by molar-refractivity contribution is 6.31. The van der Waals surface area contributed by atoms with Crippen molar-refractivity contribution < 1.29 is 13.9 Å². The number of nitrogens with one attached hydrogen (secondary N) is 1. The van der Waals surface area contributed by atoms with Crippen molar-refractivity contribution in [3.8, 4) is 0 Å². The van der Waals surface area contributed by atoms with Crippen molar-refractivity contribution in [1.82, 2.24) is 5.32 Å². The standard InChI is InChI=1S/C15H19ClN2O3/c1-15(2,3)21-14(19)18-8-10(17)12-9-6-4-5-7-11(9)20-13(12)16/h4-7,10H,8,17H2,1-3H3,(H,18,19). The third kappa shape index (κ3) is 3.89. The van der Waals surface area contributed by atoms with Crippen molar-refractivity contribution in [2.24, 2.45) is 5.73 Å². The summed E-state index contributed by atoms with van der Waals surface area (Å²) in [6.07, 6.45) is -0.512. The molecule has 0 aliphatic carbocycles. The van der Waals surface area contributed by atoms with Gasteiger partial charge in [-0.15, -0.1) is 0 Å². The molecule has 1 aromatic heterocycles. The van der Waals surface area contributed by atoms with Crippen LogP contribution in [0.15, 0.2) is 28.7 Å². The number of halogens is 1. The first kappa shape index (κ1) is 15.7. The van der Waals surface area contributed by atoms with Crippen molar-refractivity contribution in [2.75, 3.05) is 6.54 Å². The molecule has 0 saturated heterocycles. The summed E-state index contributed by atoms with van der Waals surface area (Å²) in [5.74, 6) is 0. The lowest BCUT2D eigenvalue weighted by Crippen LogP contribution is -2.36. The molecule has 0 aliphatic heterocycles. The third-order valence-corrected chi connectivity index (χ3v) is 3.11. The number of hydrogen-bond donors (Lipinski definition) is 2. The van der Waals surface area contributed by atoms with E-state index >= 15 is 0 Å². The maximum atomic E-state index is 11.6. The van der Waals surface area contributed by atoms with E-state index < -0.39 is 17.7 Å². The number of benzene rings is 1. The molecule has 5 nitrogen and oxygen atoms in total. The van der Waals surface area contributed by atoms with Crippen molar-refractivity contribution in [3.63, 3.8) is 0 Å². The molecule has 0 fully saturated rings. The molecule has 6 heteroatoms. The van der Waals surface area contributed by atoms with Crippen LogP contribution < -0.4 is 11.1 Å². The quantitative estimate of drug-likeness (QED) is 0.907. The summed E-state index contributed by atoms with van der Waals surface area (Å²) in [6, 6.07) is 6.96. The number of carbonyl (C=O) groups is 1. The van der Waals surface area contributed by atoms with Crippen LogP contribution in [-0.4, -0.2) is 18.2 Å². The van der Waals surface area contributed by atoms with E-state index in [0.29, 0.717) is 11.1 Å². The highest BCUT2D eigenvalue weighted by Gasteiger charge is 2.21. The van der Waals surface area contributed by atoms with Gasteiger partial charge in [0.15, 0.2) is 5.22 Å². The summed E-state index contributed by atoms with van der Waals surface area (Å²) < 4.78 is 10.6. The number of carbonyl (C=O) groups excluding carboxylic acids is 1. The number of hydrogen-bond acceptors (Lipinski definition) is 4. The van der Waals surface area contributed by atoms with Crippen molar-refractivity contribution in [3.05, 3.63) is 35.0 Å². The lowest BCUT2D eigenvalue weighted by Gasteiger charge is -2.20. The second-order valence-electron chi connectivity index (χ2n) is 5.77. The molecule has 1 atom stereocenters. The molecule has 2 aromatic rings. The highest BCUT2D eigenvalue weighted by Crippen LogP contribution is 2.33. The monoisotopic (exact) mass is 310 g/mol. The van der Waals surface area contributed by atoms with Crippen LogP contribution >= 0.6 is 11.6 Å². The maximum absolute atomic E-state index is 11.6. The summed E-state index contributed by atoms with van der Waals surface area (Å²) in [7, 11) is 0. The number of furan rings is 1.